The van der Waals surface area contributed by atoms with Crippen LogP contribution in [0.2, 0.25) is 0 Å². The first-order chi connectivity index (χ1) is 9.76. The Morgan fingerprint density at radius 1 is 1.38 bits per heavy atom. The fourth-order valence-electron chi connectivity index (χ4n) is 2.02. The van der Waals surface area contributed by atoms with Crippen molar-refractivity contribution >= 4 is 11.8 Å². The molecule has 21 heavy (non-hydrogen) atoms. The zero-order chi connectivity index (χ0) is 16.0. The number of hydrogen-bond acceptors (Lipinski definition) is 4. The van der Waals surface area contributed by atoms with Gasteiger partial charge in [0.05, 0.1) is 7.11 Å². The first-order valence-electron chi connectivity index (χ1n) is 7.15. The van der Waals surface area contributed by atoms with E-state index in [4.69, 9.17) is 15.2 Å². The van der Waals surface area contributed by atoms with Gasteiger partial charge in [0.15, 0.2) is 0 Å². The van der Waals surface area contributed by atoms with Gasteiger partial charge in [0, 0.05) is 5.69 Å². The molecule has 0 aliphatic heterocycles. The number of hydrogen-bond donors (Lipinski definition) is 2. The minimum Gasteiger partial charge on any atom is -0.496 e. The van der Waals surface area contributed by atoms with Crippen LogP contribution in [0.1, 0.15) is 45.6 Å². The van der Waals surface area contributed by atoms with E-state index < -0.39 is 11.7 Å². The van der Waals surface area contributed by atoms with Gasteiger partial charge in [0.25, 0.3) is 0 Å². The van der Waals surface area contributed by atoms with Gasteiger partial charge >= 0.3 is 6.09 Å². The third kappa shape index (κ3) is 5.63. The third-order valence-electron chi connectivity index (χ3n) is 3.01. The quantitative estimate of drug-likeness (QED) is 0.871. The lowest BCUT2D eigenvalue weighted by atomic mass is 9.96. The highest BCUT2D eigenvalue weighted by Gasteiger charge is 2.17. The largest absolute Gasteiger partial charge is 0.496 e. The molecule has 118 valence electrons. The lowest BCUT2D eigenvalue weighted by molar-refractivity contribution is 0.0636. The zero-order valence-corrected chi connectivity index (χ0v) is 13.5. The van der Waals surface area contributed by atoms with Crippen LogP contribution in [-0.4, -0.2) is 25.3 Å². The summed E-state index contributed by atoms with van der Waals surface area (Å²) in [6.45, 7) is 8.18. The number of nitrogens with two attached hydrogens (primary N) is 1. The average Bonchev–Trinajstić information content (AvgIpc) is 2.36. The summed E-state index contributed by atoms with van der Waals surface area (Å²) >= 11 is 0. The van der Waals surface area contributed by atoms with Crippen LogP contribution in [0, 0.1) is 0 Å². The number of ether oxygens (including phenoxy) is 2. The van der Waals surface area contributed by atoms with Gasteiger partial charge in [-0.3, -0.25) is 5.32 Å². The van der Waals surface area contributed by atoms with Gasteiger partial charge in [-0.1, -0.05) is 6.92 Å². The molecule has 1 aromatic carbocycles. The van der Waals surface area contributed by atoms with Crippen molar-refractivity contribution in [3.63, 3.8) is 0 Å². The molecule has 1 unspecified atom stereocenters. The van der Waals surface area contributed by atoms with Crippen LogP contribution in [0.25, 0.3) is 0 Å². The Labute approximate surface area is 126 Å². The van der Waals surface area contributed by atoms with Crippen molar-refractivity contribution in [3.05, 3.63) is 23.8 Å². The van der Waals surface area contributed by atoms with Crippen LogP contribution in [0.4, 0.5) is 10.5 Å². The van der Waals surface area contributed by atoms with Crippen LogP contribution in [0.3, 0.4) is 0 Å². The van der Waals surface area contributed by atoms with E-state index in [1.807, 2.05) is 32.9 Å². The molecular weight excluding hydrogens is 268 g/mol. The van der Waals surface area contributed by atoms with Crippen molar-refractivity contribution in [2.45, 2.75) is 45.6 Å². The fraction of sp³-hybridized carbons (Fsp3) is 0.562. The van der Waals surface area contributed by atoms with Crippen molar-refractivity contribution < 1.29 is 14.3 Å². The number of anilines is 1. The molecule has 0 spiro atoms. The standard InChI is InChI=1S/C16H26N2O3/c1-11(8-9-17)13-10-12(6-7-14(13)20-5)18-15(19)21-16(2,3)4/h6-7,10-11H,8-9,17H2,1-5H3,(H,18,19). The summed E-state index contributed by atoms with van der Waals surface area (Å²) in [7, 11) is 1.63. The van der Waals surface area contributed by atoms with Crippen molar-refractivity contribution in [1.82, 2.24) is 0 Å². The van der Waals surface area contributed by atoms with E-state index in [-0.39, 0.29) is 5.92 Å². The van der Waals surface area contributed by atoms with Crippen molar-refractivity contribution in [1.29, 1.82) is 0 Å². The van der Waals surface area contributed by atoms with Crippen LogP contribution in [0.15, 0.2) is 18.2 Å². The summed E-state index contributed by atoms with van der Waals surface area (Å²) in [6, 6.07) is 5.54. The highest BCUT2D eigenvalue weighted by atomic mass is 16.6. The van der Waals surface area contributed by atoms with E-state index in [1.165, 1.54) is 0 Å². The fourth-order valence-corrected chi connectivity index (χ4v) is 2.02. The Kier molecular flexibility index (Phi) is 6.03. The number of methoxy groups -OCH3 is 1. The van der Waals surface area contributed by atoms with Gasteiger partial charge in [-0.25, -0.2) is 4.79 Å². The maximum Gasteiger partial charge on any atom is 0.412 e. The van der Waals surface area contributed by atoms with Gasteiger partial charge in [0.1, 0.15) is 11.4 Å². The monoisotopic (exact) mass is 294 g/mol. The Hall–Kier alpha value is -1.75. The van der Waals surface area contributed by atoms with Crippen LogP contribution < -0.4 is 15.8 Å². The average molecular weight is 294 g/mol. The molecule has 5 heteroatoms. The predicted molar refractivity (Wildman–Crippen MR) is 84.9 cm³/mol. The zero-order valence-electron chi connectivity index (χ0n) is 13.5. The highest BCUT2D eigenvalue weighted by molar-refractivity contribution is 5.85. The summed E-state index contributed by atoms with van der Waals surface area (Å²) in [4.78, 5) is 11.8. The second kappa shape index (κ2) is 7.31. The lowest BCUT2D eigenvalue weighted by Gasteiger charge is -2.20. The maximum absolute atomic E-state index is 11.8. The Balaban J connectivity index is 2.90. The maximum atomic E-state index is 11.8. The number of rotatable bonds is 5. The molecule has 1 atom stereocenters. The molecular formula is C16H26N2O3. The number of carbonyl (C=O) groups excluding carboxylic acids is 1. The third-order valence-corrected chi connectivity index (χ3v) is 3.01. The van der Waals surface area contributed by atoms with E-state index in [2.05, 4.69) is 12.2 Å². The number of carbonyl (C=O) groups is 1. The van der Waals surface area contributed by atoms with E-state index >= 15 is 0 Å². The normalized spacial score (nSPS) is 12.7. The van der Waals surface area contributed by atoms with Crippen molar-refractivity contribution in [3.8, 4) is 5.75 Å². The summed E-state index contributed by atoms with van der Waals surface area (Å²) in [5.41, 5.74) is 6.80. The van der Waals surface area contributed by atoms with Crippen LogP contribution >= 0.6 is 0 Å². The molecule has 5 nitrogen and oxygen atoms in total. The molecule has 1 aromatic rings. The molecule has 1 rings (SSSR count). The summed E-state index contributed by atoms with van der Waals surface area (Å²) in [5.74, 6) is 1.05. The molecule has 0 fully saturated rings. The molecule has 0 bridgehead atoms. The molecule has 0 saturated heterocycles. The number of amides is 1. The van der Waals surface area contributed by atoms with Crippen molar-refractivity contribution in [2.24, 2.45) is 5.73 Å². The molecule has 0 aromatic heterocycles. The van der Waals surface area contributed by atoms with Gasteiger partial charge in [-0.2, -0.15) is 0 Å². The second-order valence-corrected chi connectivity index (χ2v) is 6.06. The molecule has 0 radical (unpaired) electrons. The van der Waals surface area contributed by atoms with Crippen LogP contribution in [-0.2, 0) is 4.74 Å². The van der Waals surface area contributed by atoms with Gasteiger partial charge in [-0.05, 0) is 63.4 Å². The van der Waals surface area contributed by atoms with Crippen molar-refractivity contribution in [2.75, 3.05) is 19.0 Å². The minimum atomic E-state index is -0.522. The van der Waals surface area contributed by atoms with E-state index in [0.29, 0.717) is 12.2 Å². The van der Waals surface area contributed by atoms with E-state index in [1.54, 1.807) is 13.2 Å². The minimum absolute atomic E-state index is 0.255. The SMILES string of the molecule is COc1ccc(NC(=O)OC(C)(C)C)cc1C(C)CCN. The second-order valence-electron chi connectivity index (χ2n) is 6.06. The van der Waals surface area contributed by atoms with E-state index in [0.717, 1.165) is 17.7 Å². The Morgan fingerprint density at radius 2 is 2.05 bits per heavy atom. The number of benzene rings is 1. The summed E-state index contributed by atoms with van der Waals surface area (Å²) < 4.78 is 10.6. The number of nitrogens with one attached hydrogen (secondary N) is 1. The topological polar surface area (TPSA) is 73.6 Å². The Morgan fingerprint density at radius 3 is 2.57 bits per heavy atom. The molecule has 0 saturated carbocycles. The van der Waals surface area contributed by atoms with Crippen LogP contribution in [0.5, 0.6) is 5.75 Å². The summed E-state index contributed by atoms with van der Waals surface area (Å²) in [6.07, 6.45) is 0.386. The molecule has 3 N–H and O–H groups in total. The van der Waals surface area contributed by atoms with E-state index in [9.17, 15) is 4.79 Å². The first-order valence-corrected chi connectivity index (χ1v) is 7.15. The Bertz CT molecular complexity index is 481. The molecule has 1 amide bonds. The lowest BCUT2D eigenvalue weighted by Crippen LogP contribution is -2.27. The molecule has 0 aliphatic rings. The molecule has 0 heterocycles. The van der Waals surface area contributed by atoms with Gasteiger partial charge < -0.3 is 15.2 Å². The predicted octanol–water partition coefficient (Wildman–Crippen LogP) is 3.49. The van der Waals surface area contributed by atoms with Gasteiger partial charge in [-0.15, -0.1) is 0 Å². The highest BCUT2D eigenvalue weighted by Crippen LogP contribution is 2.31. The smallest absolute Gasteiger partial charge is 0.412 e. The first kappa shape index (κ1) is 17.3. The molecule has 0 aliphatic carbocycles. The summed E-state index contributed by atoms with van der Waals surface area (Å²) in [5, 5.41) is 2.74. The van der Waals surface area contributed by atoms with Gasteiger partial charge in [0.2, 0.25) is 0 Å².